The minimum atomic E-state index is 0.564. The van der Waals surface area contributed by atoms with Crippen molar-refractivity contribution in [2.24, 2.45) is 5.92 Å². The van der Waals surface area contributed by atoms with Crippen LogP contribution in [-0.4, -0.2) is 23.6 Å². The van der Waals surface area contributed by atoms with Gasteiger partial charge in [-0.2, -0.15) is 22.1 Å². The van der Waals surface area contributed by atoms with Crippen LogP contribution in [0.4, 0.5) is 0 Å². The predicted molar refractivity (Wildman–Crippen MR) is 47.3 cm³/mol. The standard InChI is InChI=1S/C7H16N6/c1-2-6-7-5(1)3-4-13(7)12-11-10-9-8-6/h5-12H,1-4H2. The third kappa shape index (κ3) is 1.26. The van der Waals surface area contributed by atoms with Crippen molar-refractivity contribution in [3.63, 3.8) is 0 Å². The summed E-state index contributed by atoms with van der Waals surface area (Å²) >= 11 is 0. The molecule has 3 unspecified atom stereocenters. The molecule has 0 aromatic heterocycles. The van der Waals surface area contributed by atoms with Crippen LogP contribution in [0.3, 0.4) is 0 Å². The van der Waals surface area contributed by atoms with Crippen molar-refractivity contribution in [1.82, 2.24) is 32.6 Å². The molecule has 0 aromatic rings. The Hall–Kier alpha value is -0.240. The van der Waals surface area contributed by atoms with Crippen LogP contribution in [0.25, 0.3) is 0 Å². The van der Waals surface area contributed by atoms with Crippen LogP contribution in [-0.2, 0) is 0 Å². The summed E-state index contributed by atoms with van der Waals surface area (Å²) in [4.78, 5) is 0. The van der Waals surface area contributed by atoms with Crippen molar-refractivity contribution in [3.05, 3.63) is 0 Å². The van der Waals surface area contributed by atoms with E-state index in [2.05, 4.69) is 32.6 Å². The number of hydrazine groups is 5. The molecular weight excluding hydrogens is 168 g/mol. The molecule has 0 aromatic carbocycles. The lowest BCUT2D eigenvalue weighted by molar-refractivity contribution is 0.0590. The minimum Gasteiger partial charge on any atom is -0.238 e. The molecule has 2 saturated heterocycles. The zero-order chi connectivity index (χ0) is 8.67. The second-order valence-electron chi connectivity index (χ2n) is 4.05. The van der Waals surface area contributed by atoms with Gasteiger partial charge in [0.25, 0.3) is 0 Å². The molecule has 0 amide bonds. The molecule has 3 fully saturated rings. The highest BCUT2D eigenvalue weighted by Crippen LogP contribution is 2.36. The molecule has 74 valence electrons. The third-order valence-corrected chi connectivity index (χ3v) is 3.43. The molecule has 6 heteroatoms. The number of hydrogen-bond acceptors (Lipinski definition) is 6. The quantitative estimate of drug-likeness (QED) is 0.312. The van der Waals surface area contributed by atoms with Gasteiger partial charge >= 0.3 is 0 Å². The zero-order valence-corrected chi connectivity index (χ0v) is 7.51. The first-order valence-corrected chi connectivity index (χ1v) is 4.98. The van der Waals surface area contributed by atoms with Crippen LogP contribution in [0.2, 0.25) is 0 Å². The van der Waals surface area contributed by atoms with Crippen molar-refractivity contribution in [2.45, 2.75) is 31.3 Å². The lowest BCUT2D eigenvalue weighted by Gasteiger charge is -2.33. The summed E-state index contributed by atoms with van der Waals surface area (Å²) in [6.07, 6.45) is 3.93. The fourth-order valence-electron chi connectivity index (χ4n) is 2.85. The Morgan fingerprint density at radius 3 is 3.00 bits per heavy atom. The Labute approximate surface area is 77.3 Å². The van der Waals surface area contributed by atoms with Crippen molar-refractivity contribution in [3.8, 4) is 0 Å². The average molecular weight is 184 g/mol. The van der Waals surface area contributed by atoms with E-state index < -0.39 is 0 Å². The van der Waals surface area contributed by atoms with Gasteiger partial charge < -0.3 is 0 Å². The molecule has 5 N–H and O–H groups in total. The highest BCUT2D eigenvalue weighted by molar-refractivity contribution is 4.98. The van der Waals surface area contributed by atoms with Gasteiger partial charge in [-0.3, -0.25) is 0 Å². The summed E-state index contributed by atoms with van der Waals surface area (Å²) in [5, 5.41) is 2.29. The number of nitrogens with one attached hydrogen (secondary N) is 5. The maximum absolute atomic E-state index is 3.28. The normalized spacial score (nSPS) is 45.7. The van der Waals surface area contributed by atoms with Crippen molar-refractivity contribution in [2.75, 3.05) is 6.54 Å². The van der Waals surface area contributed by atoms with Crippen LogP contribution in [0.15, 0.2) is 0 Å². The molecule has 1 saturated carbocycles. The number of hydrogen-bond donors (Lipinski definition) is 5. The van der Waals surface area contributed by atoms with Gasteiger partial charge in [0.2, 0.25) is 0 Å². The molecule has 3 rings (SSSR count). The fourth-order valence-corrected chi connectivity index (χ4v) is 2.85. The second-order valence-corrected chi connectivity index (χ2v) is 4.05. The summed E-state index contributed by atoms with van der Waals surface area (Å²) < 4.78 is 0. The van der Waals surface area contributed by atoms with Crippen LogP contribution in [0.5, 0.6) is 0 Å². The predicted octanol–water partition coefficient (Wildman–Crippen LogP) is -1.62. The van der Waals surface area contributed by atoms with Crippen molar-refractivity contribution >= 4 is 0 Å². The lowest BCUT2D eigenvalue weighted by Crippen LogP contribution is -2.68. The van der Waals surface area contributed by atoms with Crippen LogP contribution >= 0.6 is 0 Å². The maximum Gasteiger partial charge on any atom is 0.0453 e. The van der Waals surface area contributed by atoms with Crippen molar-refractivity contribution in [1.29, 1.82) is 0 Å². The Morgan fingerprint density at radius 1 is 1.00 bits per heavy atom. The SMILES string of the molecule is C1CC2NNNNNN3CCC1C23. The summed E-state index contributed by atoms with van der Waals surface area (Å²) in [5.41, 5.74) is 15.1. The van der Waals surface area contributed by atoms with E-state index >= 15 is 0 Å². The van der Waals surface area contributed by atoms with Gasteiger partial charge in [0, 0.05) is 18.6 Å². The molecule has 6 nitrogen and oxygen atoms in total. The van der Waals surface area contributed by atoms with E-state index in [0.29, 0.717) is 12.1 Å². The average Bonchev–Trinajstić information content (AvgIpc) is 2.60. The van der Waals surface area contributed by atoms with Gasteiger partial charge in [0.1, 0.15) is 0 Å². The van der Waals surface area contributed by atoms with Crippen LogP contribution in [0, 0.1) is 5.92 Å². The zero-order valence-electron chi connectivity index (χ0n) is 7.51. The summed E-state index contributed by atoms with van der Waals surface area (Å²) in [7, 11) is 0. The van der Waals surface area contributed by atoms with Gasteiger partial charge in [0.05, 0.1) is 0 Å². The number of rotatable bonds is 0. The molecule has 3 atom stereocenters. The molecule has 0 radical (unpaired) electrons. The largest absolute Gasteiger partial charge is 0.238 e. The maximum atomic E-state index is 3.28. The highest BCUT2D eigenvalue weighted by atomic mass is 15.9. The van der Waals surface area contributed by atoms with E-state index in [1.807, 2.05) is 0 Å². The monoisotopic (exact) mass is 184 g/mol. The van der Waals surface area contributed by atoms with Crippen LogP contribution < -0.4 is 27.6 Å². The summed E-state index contributed by atoms with van der Waals surface area (Å²) in [6, 6.07) is 1.21. The van der Waals surface area contributed by atoms with E-state index in [-0.39, 0.29) is 0 Å². The molecule has 2 heterocycles. The molecule has 0 spiro atoms. The molecule has 0 bridgehead atoms. The molecule has 2 aliphatic heterocycles. The summed E-state index contributed by atoms with van der Waals surface area (Å²) in [5.74, 6) is 0.867. The van der Waals surface area contributed by atoms with E-state index in [4.69, 9.17) is 0 Å². The molecule has 13 heavy (non-hydrogen) atoms. The third-order valence-electron chi connectivity index (χ3n) is 3.43. The number of nitrogens with zero attached hydrogens (tertiary/aromatic N) is 1. The first-order valence-electron chi connectivity index (χ1n) is 4.98. The van der Waals surface area contributed by atoms with Gasteiger partial charge in [-0.25, -0.2) is 10.4 Å². The highest BCUT2D eigenvalue weighted by Gasteiger charge is 2.44. The molecule has 3 aliphatic rings. The lowest BCUT2D eigenvalue weighted by atomic mass is 10.0. The Kier molecular flexibility index (Phi) is 1.97. The van der Waals surface area contributed by atoms with Gasteiger partial charge in [-0.15, -0.1) is 0 Å². The molecule has 1 aliphatic carbocycles. The van der Waals surface area contributed by atoms with Crippen LogP contribution in [0.1, 0.15) is 19.3 Å². The van der Waals surface area contributed by atoms with E-state index in [1.54, 1.807) is 0 Å². The van der Waals surface area contributed by atoms with Crippen molar-refractivity contribution < 1.29 is 0 Å². The Morgan fingerprint density at radius 2 is 2.00 bits per heavy atom. The minimum absolute atomic E-state index is 0.564. The first-order chi connectivity index (χ1) is 6.45. The van der Waals surface area contributed by atoms with Gasteiger partial charge in [-0.1, -0.05) is 0 Å². The fraction of sp³-hybridized carbons (Fsp3) is 1.00. The topological polar surface area (TPSA) is 63.4 Å². The van der Waals surface area contributed by atoms with E-state index in [1.165, 1.54) is 19.3 Å². The van der Waals surface area contributed by atoms with Gasteiger partial charge in [-0.05, 0) is 25.2 Å². The Balaban J connectivity index is 1.79. The Bertz CT molecular complexity index is 179. The van der Waals surface area contributed by atoms with E-state index in [9.17, 15) is 0 Å². The second kappa shape index (κ2) is 3.16. The van der Waals surface area contributed by atoms with Gasteiger partial charge in [0.15, 0.2) is 0 Å². The molecular formula is C7H16N6. The van der Waals surface area contributed by atoms with E-state index in [0.717, 1.165) is 12.5 Å². The smallest absolute Gasteiger partial charge is 0.0453 e. The first kappa shape index (κ1) is 8.10. The summed E-state index contributed by atoms with van der Waals surface area (Å²) in [6.45, 7) is 1.14.